The smallest absolute Gasteiger partial charge is 0.416 e. The molecular formula is C23H22F3N3O2S. The largest absolute Gasteiger partial charge is 0.493 e. The van der Waals surface area contributed by atoms with Gasteiger partial charge in [0.1, 0.15) is 5.75 Å². The van der Waals surface area contributed by atoms with Gasteiger partial charge in [0.25, 0.3) is 5.91 Å². The fraction of sp³-hybridized carbons (Fsp3) is 0.304. The molecule has 2 aliphatic heterocycles. The van der Waals surface area contributed by atoms with Crippen molar-refractivity contribution in [2.24, 2.45) is 4.99 Å². The molecule has 0 bridgehead atoms. The van der Waals surface area contributed by atoms with Crippen LogP contribution in [0.2, 0.25) is 0 Å². The maximum atomic E-state index is 13.0. The average Bonchev–Trinajstić information content (AvgIpc) is 3.15. The zero-order valence-corrected chi connectivity index (χ0v) is 18.2. The monoisotopic (exact) mass is 461 g/mol. The lowest BCUT2D eigenvalue weighted by atomic mass is 10.1. The van der Waals surface area contributed by atoms with Gasteiger partial charge in [0.05, 0.1) is 17.1 Å². The number of alkyl halides is 3. The Balaban J connectivity index is 1.41. The Morgan fingerprint density at radius 1 is 1.06 bits per heavy atom. The van der Waals surface area contributed by atoms with Crippen molar-refractivity contribution in [1.29, 1.82) is 0 Å². The van der Waals surface area contributed by atoms with Gasteiger partial charge in [-0.25, -0.2) is 0 Å². The van der Waals surface area contributed by atoms with E-state index in [1.807, 2.05) is 41.0 Å². The standard InChI is InChI=1S/C23H22F3N3O2S/c1-2-31-19-9-4-3-6-16(19)14-20-21(30)27-22(32-20)29-12-10-28(11-13-29)18-8-5-7-17(15-18)23(24,25)26/h3-9,14-15H,2,10-13H2,1H3/b20-14-. The Labute approximate surface area is 188 Å². The van der Waals surface area contributed by atoms with E-state index in [2.05, 4.69) is 4.99 Å². The van der Waals surface area contributed by atoms with Gasteiger partial charge in [0, 0.05) is 37.4 Å². The van der Waals surface area contributed by atoms with Crippen LogP contribution in [0.4, 0.5) is 18.9 Å². The number of thioether (sulfide) groups is 1. The van der Waals surface area contributed by atoms with Crippen molar-refractivity contribution >= 4 is 34.6 Å². The summed E-state index contributed by atoms with van der Waals surface area (Å²) < 4.78 is 44.6. The van der Waals surface area contributed by atoms with Crippen LogP contribution in [0.5, 0.6) is 5.75 Å². The van der Waals surface area contributed by atoms with Crippen LogP contribution in [0.1, 0.15) is 18.1 Å². The van der Waals surface area contributed by atoms with Crippen molar-refractivity contribution in [1.82, 2.24) is 4.90 Å². The van der Waals surface area contributed by atoms with E-state index in [0.29, 0.717) is 54.3 Å². The van der Waals surface area contributed by atoms with Gasteiger partial charge in [0.15, 0.2) is 5.17 Å². The summed E-state index contributed by atoms with van der Waals surface area (Å²) in [5.41, 5.74) is 0.710. The summed E-state index contributed by atoms with van der Waals surface area (Å²) in [5.74, 6) is 0.413. The van der Waals surface area contributed by atoms with E-state index in [-0.39, 0.29) is 5.91 Å². The minimum absolute atomic E-state index is 0.295. The third-order valence-electron chi connectivity index (χ3n) is 5.20. The van der Waals surface area contributed by atoms with Crippen LogP contribution < -0.4 is 9.64 Å². The van der Waals surface area contributed by atoms with E-state index in [1.54, 1.807) is 12.1 Å². The van der Waals surface area contributed by atoms with Crippen LogP contribution in [-0.2, 0) is 11.0 Å². The van der Waals surface area contributed by atoms with Gasteiger partial charge in [-0.15, -0.1) is 0 Å². The highest BCUT2D eigenvalue weighted by Crippen LogP contribution is 2.34. The molecule has 1 saturated heterocycles. The molecule has 2 heterocycles. The highest BCUT2D eigenvalue weighted by Gasteiger charge is 2.32. The normalized spacial score (nSPS) is 18.3. The van der Waals surface area contributed by atoms with E-state index >= 15 is 0 Å². The fourth-order valence-corrected chi connectivity index (χ4v) is 4.55. The second-order valence-corrected chi connectivity index (χ2v) is 8.31. The van der Waals surface area contributed by atoms with Crippen LogP contribution >= 0.6 is 11.8 Å². The predicted molar refractivity (Wildman–Crippen MR) is 121 cm³/mol. The maximum Gasteiger partial charge on any atom is 0.416 e. The molecule has 0 unspecified atom stereocenters. The van der Waals surface area contributed by atoms with E-state index in [1.165, 1.54) is 23.9 Å². The number of benzene rings is 2. The van der Waals surface area contributed by atoms with Crippen LogP contribution in [-0.4, -0.2) is 48.8 Å². The summed E-state index contributed by atoms with van der Waals surface area (Å²) in [6.45, 7) is 4.65. The van der Waals surface area contributed by atoms with Crippen molar-refractivity contribution in [3.8, 4) is 5.75 Å². The van der Waals surface area contributed by atoms with Gasteiger partial charge >= 0.3 is 6.18 Å². The van der Waals surface area contributed by atoms with Gasteiger partial charge in [-0.3, -0.25) is 4.79 Å². The van der Waals surface area contributed by atoms with Crippen molar-refractivity contribution in [2.45, 2.75) is 13.1 Å². The first-order chi connectivity index (χ1) is 15.3. The number of anilines is 1. The number of carbonyl (C=O) groups excluding carboxylic acids is 1. The number of hydrogen-bond acceptors (Lipinski definition) is 5. The minimum atomic E-state index is -4.36. The molecule has 0 radical (unpaired) electrons. The zero-order valence-electron chi connectivity index (χ0n) is 17.4. The summed E-state index contributed by atoms with van der Waals surface area (Å²) in [5, 5.41) is 0.624. The molecule has 2 aliphatic rings. The number of amidine groups is 1. The Morgan fingerprint density at radius 2 is 1.78 bits per heavy atom. The first-order valence-electron chi connectivity index (χ1n) is 10.3. The summed E-state index contributed by atoms with van der Waals surface area (Å²) in [7, 11) is 0. The van der Waals surface area contributed by atoms with Crippen molar-refractivity contribution in [2.75, 3.05) is 37.7 Å². The molecule has 1 fully saturated rings. The molecule has 0 spiro atoms. The van der Waals surface area contributed by atoms with Gasteiger partial charge in [-0.05, 0) is 49.0 Å². The number of ether oxygens (including phenoxy) is 1. The summed E-state index contributed by atoms with van der Waals surface area (Å²) >= 11 is 1.31. The SMILES string of the molecule is CCOc1ccccc1/C=C1\SC(N2CCN(c3cccc(C(F)(F)F)c3)CC2)=NC1=O. The summed E-state index contributed by atoms with van der Waals surface area (Å²) in [6, 6.07) is 12.9. The van der Waals surface area contributed by atoms with Crippen molar-refractivity contribution in [3.05, 3.63) is 64.6 Å². The highest BCUT2D eigenvalue weighted by atomic mass is 32.2. The summed E-state index contributed by atoms with van der Waals surface area (Å²) in [4.78, 5) is 21.1. The number of halogens is 3. The Hall–Kier alpha value is -2.94. The number of nitrogens with zero attached hydrogens (tertiary/aromatic N) is 3. The average molecular weight is 462 g/mol. The van der Waals surface area contributed by atoms with Gasteiger partial charge < -0.3 is 14.5 Å². The number of carbonyl (C=O) groups is 1. The van der Waals surface area contributed by atoms with Crippen LogP contribution in [0.3, 0.4) is 0 Å². The molecular weight excluding hydrogens is 439 g/mol. The second kappa shape index (κ2) is 9.28. The lowest BCUT2D eigenvalue weighted by Crippen LogP contribution is -2.47. The van der Waals surface area contributed by atoms with Crippen LogP contribution in [0, 0.1) is 0 Å². The molecule has 1 amide bonds. The first-order valence-corrected chi connectivity index (χ1v) is 11.1. The van der Waals surface area contributed by atoms with Crippen molar-refractivity contribution < 1.29 is 22.7 Å². The maximum absolute atomic E-state index is 13.0. The fourth-order valence-electron chi connectivity index (χ4n) is 3.60. The minimum Gasteiger partial charge on any atom is -0.493 e. The lowest BCUT2D eigenvalue weighted by Gasteiger charge is -2.36. The van der Waals surface area contributed by atoms with E-state index < -0.39 is 11.7 Å². The van der Waals surface area contributed by atoms with E-state index in [9.17, 15) is 18.0 Å². The molecule has 0 aliphatic carbocycles. The van der Waals surface area contributed by atoms with Crippen LogP contribution in [0.15, 0.2) is 58.4 Å². The molecule has 2 aromatic carbocycles. The number of amides is 1. The molecule has 0 saturated carbocycles. The molecule has 0 N–H and O–H groups in total. The number of aliphatic imine (C=N–C) groups is 1. The third-order valence-corrected chi connectivity index (χ3v) is 6.25. The molecule has 9 heteroatoms. The highest BCUT2D eigenvalue weighted by molar-refractivity contribution is 8.18. The summed E-state index contributed by atoms with van der Waals surface area (Å²) in [6.07, 6.45) is -2.58. The number of para-hydroxylation sites is 1. The quantitative estimate of drug-likeness (QED) is 0.607. The molecule has 2 aromatic rings. The molecule has 168 valence electrons. The Kier molecular flexibility index (Phi) is 6.45. The number of piperazine rings is 1. The number of hydrogen-bond donors (Lipinski definition) is 0. The molecule has 4 rings (SSSR count). The number of rotatable bonds is 4. The zero-order chi connectivity index (χ0) is 22.7. The molecule has 0 aromatic heterocycles. The van der Waals surface area contributed by atoms with Gasteiger partial charge in [0.2, 0.25) is 0 Å². The van der Waals surface area contributed by atoms with E-state index in [0.717, 1.165) is 11.6 Å². The van der Waals surface area contributed by atoms with Crippen LogP contribution in [0.25, 0.3) is 6.08 Å². The molecule has 32 heavy (non-hydrogen) atoms. The van der Waals surface area contributed by atoms with Gasteiger partial charge in [-0.2, -0.15) is 18.2 Å². The third kappa shape index (κ3) is 4.93. The van der Waals surface area contributed by atoms with Crippen molar-refractivity contribution in [3.63, 3.8) is 0 Å². The topological polar surface area (TPSA) is 45.1 Å². The van der Waals surface area contributed by atoms with Gasteiger partial charge in [-0.1, -0.05) is 24.3 Å². The Morgan fingerprint density at radius 3 is 2.50 bits per heavy atom. The van der Waals surface area contributed by atoms with E-state index in [4.69, 9.17) is 4.74 Å². The Bertz CT molecular complexity index is 1060. The predicted octanol–water partition coefficient (Wildman–Crippen LogP) is 4.90. The molecule has 5 nitrogen and oxygen atoms in total. The second-order valence-electron chi connectivity index (χ2n) is 7.30. The lowest BCUT2D eigenvalue weighted by molar-refractivity contribution is -0.137. The first kappa shape index (κ1) is 22.3. The molecule has 0 atom stereocenters.